The number of unbranched alkanes of at least 4 members (excludes halogenated alkanes) is 1. The van der Waals surface area contributed by atoms with E-state index < -0.39 is 0 Å². The maximum absolute atomic E-state index is 5.52. The molecule has 84 valence electrons. The molecule has 0 amide bonds. The highest BCUT2D eigenvalue weighted by Gasteiger charge is 1.95. The lowest BCUT2D eigenvalue weighted by atomic mass is 10.1. The van der Waals surface area contributed by atoms with Crippen molar-refractivity contribution in [2.75, 3.05) is 13.2 Å². The minimum absolute atomic E-state index is 0.789. The van der Waals surface area contributed by atoms with Gasteiger partial charge >= 0.3 is 0 Å². The molecule has 15 heavy (non-hydrogen) atoms. The van der Waals surface area contributed by atoms with Gasteiger partial charge in [-0.05, 0) is 49.9 Å². The first kappa shape index (κ1) is 12.1. The highest BCUT2D eigenvalue weighted by Crippen LogP contribution is 2.13. The van der Waals surface area contributed by atoms with Crippen LogP contribution in [0.4, 0.5) is 0 Å². The van der Waals surface area contributed by atoms with E-state index in [2.05, 4.69) is 19.1 Å². The van der Waals surface area contributed by atoms with Crippen molar-refractivity contribution in [3.8, 4) is 5.75 Å². The van der Waals surface area contributed by atoms with Crippen molar-refractivity contribution in [2.45, 2.75) is 32.6 Å². The minimum atomic E-state index is 0.789. The average Bonchev–Trinajstić information content (AvgIpc) is 2.28. The van der Waals surface area contributed by atoms with E-state index in [1.165, 1.54) is 12.0 Å². The van der Waals surface area contributed by atoms with E-state index in [-0.39, 0.29) is 0 Å². The zero-order chi connectivity index (χ0) is 10.9. The van der Waals surface area contributed by atoms with Crippen LogP contribution in [0.3, 0.4) is 0 Å². The summed E-state index contributed by atoms with van der Waals surface area (Å²) >= 11 is 0. The number of ether oxygens (including phenoxy) is 1. The minimum Gasteiger partial charge on any atom is -0.494 e. The van der Waals surface area contributed by atoms with Gasteiger partial charge in [0.1, 0.15) is 5.75 Å². The average molecular weight is 207 g/mol. The lowest BCUT2D eigenvalue weighted by Crippen LogP contribution is -1.99. The third-order valence-corrected chi connectivity index (χ3v) is 2.32. The van der Waals surface area contributed by atoms with Gasteiger partial charge in [-0.15, -0.1) is 0 Å². The normalized spacial score (nSPS) is 10.3. The third kappa shape index (κ3) is 4.84. The van der Waals surface area contributed by atoms with Crippen LogP contribution in [-0.2, 0) is 6.42 Å². The van der Waals surface area contributed by atoms with E-state index in [1.807, 2.05) is 12.1 Å². The fourth-order valence-electron chi connectivity index (χ4n) is 1.45. The Morgan fingerprint density at radius 1 is 1.13 bits per heavy atom. The number of rotatable bonds is 7. The second-order valence-electron chi connectivity index (χ2n) is 3.74. The van der Waals surface area contributed by atoms with Crippen molar-refractivity contribution in [1.82, 2.24) is 0 Å². The van der Waals surface area contributed by atoms with Crippen molar-refractivity contribution in [1.29, 1.82) is 0 Å². The Hall–Kier alpha value is -1.02. The molecule has 0 heterocycles. The molecule has 0 aromatic heterocycles. The van der Waals surface area contributed by atoms with E-state index in [0.29, 0.717) is 0 Å². The van der Waals surface area contributed by atoms with Crippen LogP contribution in [0.25, 0.3) is 0 Å². The van der Waals surface area contributed by atoms with Gasteiger partial charge < -0.3 is 10.5 Å². The molecule has 2 nitrogen and oxygen atoms in total. The number of benzene rings is 1. The van der Waals surface area contributed by atoms with Crippen LogP contribution in [0.1, 0.15) is 31.7 Å². The summed E-state index contributed by atoms with van der Waals surface area (Å²) in [5.41, 5.74) is 6.82. The van der Waals surface area contributed by atoms with E-state index in [4.69, 9.17) is 10.5 Å². The van der Waals surface area contributed by atoms with E-state index in [0.717, 1.165) is 38.2 Å². The Bertz CT molecular complexity index is 256. The standard InChI is InChI=1S/C13H21NO/c1-2-11-15-13-8-6-12(7-9-13)5-3-4-10-14/h6-9H,2-5,10-11,14H2,1H3. The fourth-order valence-corrected chi connectivity index (χ4v) is 1.45. The third-order valence-electron chi connectivity index (χ3n) is 2.32. The summed E-state index contributed by atoms with van der Waals surface area (Å²) in [4.78, 5) is 0. The summed E-state index contributed by atoms with van der Waals surface area (Å²) in [5.74, 6) is 0.972. The van der Waals surface area contributed by atoms with Crippen molar-refractivity contribution < 1.29 is 4.74 Å². The van der Waals surface area contributed by atoms with Crippen LogP contribution in [0.2, 0.25) is 0 Å². The summed E-state index contributed by atoms with van der Waals surface area (Å²) in [7, 11) is 0. The summed E-state index contributed by atoms with van der Waals surface area (Å²) in [5, 5.41) is 0. The van der Waals surface area contributed by atoms with Gasteiger partial charge in [0.15, 0.2) is 0 Å². The Kier molecular flexibility index (Phi) is 5.86. The molecule has 0 unspecified atom stereocenters. The molecule has 0 bridgehead atoms. The SMILES string of the molecule is CCCOc1ccc(CCCCN)cc1. The molecule has 2 N–H and O–H groups in total. The zero-order valence-electron chi connectivity index (χ0n) is 9.54. The maximum Gasteiger partial charge on any atom is 0.119 e. The van der Waals surface area contributed by atoms with Crippen LogP contribution < -0.4 is 10.5 Å². The van der Waals surface area contributed by atoms with E-state index in [9.17, 15) is 0 Å². The van der Waals surface area contributed by atoms with Gasteiger partial charge in [0, 0.05) is 0 Å². The fraction of sp³-hybridized carbons (Fsp3) is 0.538. The number of nitrogens with two attached hydrogens (primary N) is 1. The quantitative estimate of drug-likeness (QED) is 0.698. The molecule has 1 rings (SSSR count). The molecule has 0 aliphatic rings. The lowest BCUT2D eigenvalue weighted by molar-refractivity contribution is 0.317. The topological polar surface area (TPSA) is 35.2 Å². The van der Waals surface area contributed by atoms with Gasteiger partial charge in [0.25, 0.3) is 0 Å². The molecule has 1 aromatic rings. The van der Waals surface area contributed by atoms with E-state index >= 15 is 0 Å². The zero-order valence-corrected chi connectivity index (χ0v) is 9.54. The van der Waals surface area contributed by atoms with Gasteiger partial charge in [-0.1, -0.05) is 19.1 Å². The Labute approximate surface area is 92.4 Å². The molecular formula is C13H21NO. The summed E-state index contributed by atoms with van der Waals surface area (Å²) in [6.45, 7) is 3.70. The van der Waals surface area contributed by atoms with Crippen LogP contribution in [-0.4, -0.2) is 13.2 Å². The molecule has 0 saturated carbocycles. The van der Waals surface area contributed by atoms with Crippen molar-refractivity contribution in [3.63, 3.8) is 0 Å². The highest BCUT2D eigenvalue weighted by atomic mass is 16.5. The number of hydrogen-bond donors (Lipinski definition) is 1. The molecule has 0 radical (unpaired) electrons. The summed E-state index contributed by atoms with van der Waals surface area (Å²) in [6, 6.07) is 8.38. The largest absolute Gasteiger partial charge is 0.494 e. The highest BCUT2D eigenvalue weighted by molar-refractivity contribution is 5.27. The van der Waals surface area contributed by atoms with Crippen molar-refractivity contribution in [3.05, 3.63) is 29.8 Å². The molecule has 0 saturated heterocycles. The monoisotopic (exact) mass is 207 g/mol. The van der Waals surface area contributed by atoms with Gasteiger partial charge in [-0.2, -0.15) is 0 Å². The smallest absolute Gasteiger partial charge is 0.119 e. The predicted molar refractivity (Wildman–Crippen MR) is 64.2 cm³/mol. The number of hydrogen-bond acceptors (Lipinski definition) is 2. The molecule has 2 heteroatoms. The first-order chi connectivity index (χ1) is 7.36. The second kappa shape index (κ2) is 7.30. The van der Waals surface area contributed by atoms with Crippen LogP contribution in [0, 0.1) is 0 Å². The predicted octanol–water partition coefficient (Wildman–Crippen LogP) is 2.76. The van der Waals surface area contributed by atoms with E-state index in [1.54, 1.807) is 0 Å². The second-order valence-corrected chi connectivity index (χ2v) is 3.74. The van der Waals surface area contributed by atoms with Gasteiger partial charge in [0.05, 0.1) is 6.61 Å². The van der Waals surface area contributed by atoms with Gasteiger partial charge in [0.2, 0.25) is 0 Å². The molecule has 0 atom stereocenters. The Balaban J connectivity index is 2.35. The summed E-state index contributed by atoms with van der Waals surface area (Å²) < 4.78 is 5.52. The molecule has 0 fully saturated rings. The Morgan fingerprint density at radius 2 is 1.87 bits per heavy atom. The van der Waals surface area contributed by atoms with Gasteiger partial charge in [-0.3, -0.25) is 0 Å². The summed E-state index contributed by atoms with van der Waals surface area (Å²) in [6.07, 6.45) is 4.45. The molecule has 1 aromatic carbocycles. The molecule has 0 aliphatic carbocycles. The first-order valence-electron chi connectivity index (χ1n) is 5.78. The van der Waals surface area contributed by atoms with Gasteiger partial charge in [-0.25, -0.2) is 0 Å². The molecule has 0 spiro atoms. The maximum atomic E-state index is 5.52. The van der Waals surface area contributed by atoms with Crippen LogP contribution >= 0.6 is 0 Å². The van der Waals surface area contributed by atoms with Crippen LogP contribution in [0.15, 0.2) is 24.3 Å². The lowest BCUT2D eigenvalue weighted by Gasteiger charge is -2.05. The van der Waals surface area contributed by atoms with Crippen molar-refractivity contribution in [2.24, 2.45) is 5.73 Å². The van der Waals surface area contributed by atoms with Crippen molar-refractivity contribution >= 4 is 0 Å². The van der Waals surface area contributed by atoms with Crippen LogP contribution in [0.5, 0.6) is 5.75 Å². The Morgan fingerprint density at radius 3 is 2.47 bits per heavy atom. The number of aryl methyl sites for hydroxylation is 1. The molecule has 0 aliphatic heterocycles. The first-order valence-corrected chi connectivity index (χ1v) is 5.78. The molecular weight excluding hydrogens is 186 g/mol.